The number of phosphoric ester groups is 1. The molecule has 3 N–H and O–H groups in total. The van der Waals surface area contributed by atoms with Gasteiger partial charge in [0.15, 0.2) is 0 Å². The Hall–Kier alpha value is -0.950. The zero-order valence-corrected chi connectivity index (χ0v) is 15.9. The average Bonchev–Trinajstić information content (AvgIpc) is 2.90. The van der Waals surface area contributed by atoms with Gasteiger partial charge in [0.1, 0.15) is 12.0 Å². The molecule has 0 aliphatic carbocycles. The lowest BCUT2D eigenvalue weighted by atomic mass is 10.2. The van der Waals surface area contributed by atoms with Crippen molar-refractivity contribution in [2.45, 2.75) is 25.2 Å². The Balaban J connectivity index is 1.91. The van der Waals surface area contributed by atoms with E-state index in [1.165, 1.54) is 12.3 Å². The third kappa shape index (κ3) is 7.18. The van der Waals surface area contributed by atoms with Crippen LogP contribution >= 0.6 is 23.5 Å². The van der Waals surface area contributed by atoms with Crippen molar-refractivity contribution in [1.29, 1.82) is 0 Å². The first-order chi connectivity index (χ1) is 12.3. The zero-order chi connectivity index (χ0) is 20.5. The van der Waals surface area contributed by atoms with Crippen LogP contribution in [-0.4, -0.2) is 27.2 Å². The summed E-state index contributed by atoms with van der Waals surface area (Å²) in [5, 5.41) is 0. The molecule has 0 bridgehead atoms. The Bertz CT molecular complexity index is 882. The molecular weight excluding hydrogens is 435 g/mol. The van der Waals surface area contributed by atoms with Crippen LogP contribution < -0.4 is 26.1 Å². The van der Waals surface area contributed by atoms with Crippen LogP contribution in [0.2, 0.25) is 0 Å². The minimum absolute atomic E-state index is 0.0115. The maximum atomic E-state index is 11.7. The summed E-state index contributed by atoms with van der Waals surface area (Å²) in [5.41, 5.74) is 4.69. The van der Waals surface area contributed by atoms with Gasteiger partial charge in [0, 0.05) is 6.20 Å². The molecule has 0 amide bonds. The topological polar surface area (TPSA) is 238 Å². The van der Waals surface area contributed by atoms with Gasteiger partial charge in [-0.1, -0.05) is 0 Å². The molecule has 0 saturated carbocycles. The van der Waals surface area contributed by atoms with Crippen LogP contribution in [0, 0.1) is 0 Å². The number of nitrogens with two attached hydrogens (primary N) is 1. The smallest absolute Gasteiger partial charge is 0.478 e. The van der Waals surface area contributed by atoms with E-state index in [0.717, 1.165) is 4.57 Å². The minimum atomic E-state index is -6.02. The molecule has 154 valence electrons. The van der Waals surface area contributed by atoms with E-state index < -0.39 is 48.1 Å². The van der Waals surface area contributed by atoms with Gasteiger partial charge in [-0.25, -0.2) is 13.7 Å². The van der Waals surface area contributed by atoms with Crippen molar-refractivity contribution in [2.24, 2.45) is 0 Å². The molecule has 15 nitrogen and oxygen atoms in total. The molecule has 1 aliphatic rings. The fourth-order valence-corrected chi connectivity index (χ4v) is 5.05. The number of anilines is 1. The van der Waals surface area contributed by atoms with Crippen molar-refractivity contribution in [3.8, 4) is 0 Å². The highest BCUT2D eigenvalue weighted by molar-refractivity contribution is 7.65. The normalized spacial score (nSPS) is 25.0. The highest BCUT2D eigenvalue weighted by Crippen LogP contribution is 2.62. The van der Waals surface area contributed by atoms with E-state index in [1.807, 2.05) is 0 Å². The molecule has 1 saturated heterocycles. The molecule has 27 heavy (non-hydrogen) atoms. The van der Waals surface area contributed by atoms with E-state index in [4.69, 9.17) is 10.5 Å². The van der Waals surface area contributed by atoms with Crippen LogP contribution in [0.4, 0.5) is 5.82 Å². The maximum absolute atomic E-state index is 11.7. The quantitative estimate of drug-likeness (QED) is 0.407. The summed E-state index contributed by atoms with van der Waals surface area (Å²) in [6, 6.07) is 1.36. The van der Waals surface area contributed by atoms with Gasteiger partial charge < -0.3 is 34.6 Å². The van der Waals surface area contributed by atoms with E-state index in [2.05, 4.69) is 18.1 Å². The van der Waals surface area contributed by atoms with Gasteiger partial charge in [0.25, 0.3) is 7.82 Å². The Morgan fingerprint density at radius 2 is 1.96 bits per heavy atom. The third-order valence-corrected chi connectivity index (χ3v) is 6.77. The van der Waals surface area contributed by atoms with Crippen molar-refractivity contribution in [1.82, 2.24) is 9.55 Å². The zero-order valence-electron chi connectivity index (χ0n) is 13.2. The van der Waals surface area contributed by atoms with Gasteiger partial charge in [-0.3, -0.25) is 18.0 Å². The third-order valence-electron chi connectivity index (χ3n) is 3.07. The Morgan fingerprint density at radius 1 is 1.30 bits per heavy atom. The van der Waals surface area contributed by atoms with Gasteiger partial charge >= 0.3 is 13.5 Å². The molecule has 4 atom stereocenters. The number of ether oxygens (including phenoxy) is 1. The van der Waals surface area contributed by atoms with Crippen LogP contribution in [-0.2, 0) is 31.6 Å². The number of nitrogens with zero attached hydrogens (tertiary/aromatic N) is 2. The summed E-state index contributed by atoms with van der Waals surface area (Å²) < 4.78 is 50.4. The van der Waals surface area contributed by atoms with Crippen molar-refractivity contribution in [3.63, 3.8) is 0 Å². The number of hydrogen-bond donors (Lipinski definition) is 2. The van der Waals surface area contributed by atoms with Gasteiger partial charge in [0.05, 0.1) is 20.5 Å². The lowest BCUT2D eigenvalue weighted by molar-refractivity contribution is -0.339. The predicted molar refractivity (Wildman–Crippen MR) is 79.2 cm³/mol. The summed E-state index contributed by atoms with van der Waals surface area (Å²) >= 11 is 0. The first-order valence-corrected chi connectivity index (χ1v) is 11.4. The average molecular weight is 448 g/mol. The van der Waals surface area contributed by atoms with Gasteiger partial charge in [-0.05, 0) is 18.9 Å². The van der Waals surface area contributed by atoms with Gasteiger partial charge in [-0.2, -0.15) is 4.98 Å². The molecule has 2 rings (SSSR count). The summed E-state index contributed by atoms with van der Waals surface area (Å²) in [6.07, 6.45) is 0.297. The van der Waals surface area contributed by atoms with Crippen molar-refractivity contribution < 1.29 is 51.2 Å². The standard InChI is InChI=1S/C9H16N3O12P3/c10-7-3-4-12(9(13)11-7)8-2-1-6(22-8)5-21-26(17,18)24-27(19,20)23-25(14,15)16/h3-4,6,8H,1-2,5H2,(H,17,18)(H,19,20)(H2,10,11,13)(H2,14,15,16)/p-3. The van der Waals surface area contributed by atoms with E-state index in [9.17, 15) is 38.1 Å². The minimum Gasteiger partial charge on any atom is -0.790 e. The second kappa shape index (κ2) is 8.19. The fourth-order valence-electron chi connectivity index (χ4n) is 2.12. The largest absolute Gasteiger partial charge is 0.790 e. The van der Waals surface area contributed by atoms with Crippen LogP contribution in [0.3, 0.4) is 0 Å². The monoisotopic (exact) mass is 448 g/mol. The highest BCUT2D eigenvalue weighted by Gasteiger charge is 2.33. The number of phosphoric acid groups is 3. The fraction of sp³-hybridized carbons (Fsp3) is 0.556. The SMILES string of the molecule is Nc1ccn(C2CCC(COP(=O)(O)OP(=O)([O-])OP(=O)([O-])[O-])O2)c(=O)n1. The highest BCUT2D eigenvalue weighted by atomic mass is 31.3. The van der Waals surface area contributed by atoms with E-state index in [-0.39, 0.29) is 12.2 Å². The van der Waals surface area contributed by atoms with E-state index >= 15 is 0 Å². The molecule has 4 unspecified atom stereocenters. The molecule has 0 spiro atoms. The number of aromatic nitrogens is 2. The molecule has 1 aliphatic heterocycles. The van der Waals surface area contributed by atoms with Crippen molar-refractivity contribution >= 4 is 29.3 Å². The second-order valence-corrected chi connectivity index (χ2v) is 9.44. The maximum Gasteiger partial charge on any atom is 0.478 e. The molecule has 0 aromatic carbocycles. The van der Waals surface area contributed by atoms with Crippen LogP contribution in [0.25, 0.3) is 0 Å². The van der Waals surface area contributed by atoms with Crippen molar-refractivity contribution in [2.75, 3.05) is 12.3 Å². The summed E-state index contributed by atoms with van der Waals surface area (Å²) in [4.78, 5) is 56.1. The first kappa shape index (κ1) is 22.3. The molecule has 1 aromatic heterocycles. The van der Waals surface area contributed by atoms with Crippen molar-refractivity contribution in [3.05, 3.63) is 22.7 Å². The summed E-state index contributed by atoms with van der Waals surface area (Å²) in [7, 11) is -17.3. The summed E-state index contributed by atoms with van der Waals surface area (Å²) in [6.45, 7) is -0.645. The van der Waals surface area contributed by atoms with Crippen LogP contribution in [0.15, 0.2) is 17.1 Å². The van der Waals surface area contributed by atoms with Gasteiger partial charge in [-0.15, -0.1) is 0 Å². The first-order valence-electron chi connectivity index (χ1n) is 7.00. The van der Waals surface area contributed by atoms with E-state index in [1.54, 1.807) is 0 Å². The molecule has 1 fully saturated rings. The van der Waals surface area contributed by atoms with Gasteiger partial charge in [0.2, 0.25) is 0 Å². The molecule has 1 aromatic rings. The lowest BCUT2D eigenvalue weighted by Crippen LogP contribution is -2.27. The summed E-state index contributed by atoms with van der Waals surface area (Å²) in [5.74, 6) is 0.0115. The molecule has 2 heterocycles. The molecular formula is C9H13N3O12P3-3. The Kier molecular flexibility index (Phi) is 6.78. The van der Waals surface area contributed by atoms with E-state index in [0.29, 0.717) is 6.42 Å². The Labute approximate surface area is 151 Å². The predicted octanol–water partition coefficient (Wildman–Crippen LogP) is -2.05. The Morgan fingerprint density at radius 3 is 2.56 bits per heavy atom. The second-order valence-electron chi connectivity index (χ2n) is 5.15. The number of hydrogen-bond acceptors (Lipinski definition) is 13. The van der Waals surface area contributed by atoms with Crippen LogP contribution in [0.1, 0.15) is 19.1 Å². The lowest BCUT2D eigenvalue weighted by Gasteiger charge is -2.35. The molecule has 0 radical (unpaired) electrons. The van der Waals surface area contributed by atoms with Crippen LogP contribution in [0.5, 0.6) is 0 Å². The number of nitrogen functional groups attached to an aromatic ring is 1. The molecule has 18 heteroatoms. The number of rotatable bonds is 8.